The fraction of sp³-hybridized carbons (Fsp3) is 0.200. The Kier molecular flexibility index (Phi) is 6.78. The smallest absolute Gasteiger partial charge is 0.139 e. The van der Waals surface area contributed by atoms with Gasteiger partial charge < -0.3 is 15.9 Å². The summed E-state index contributed by atoms with van der Waals surface area (Å²) in [6.45, 7) is 0. The monoisotopic (exact) mass is 347 g/mol. The van der Waals surface area contributed by atoms with E-state index in [9.17, 15) is 10.2 Å². The molecule has 114 valence electrons. The number of aromatic hydroxyl groups is 1. The van der Waals surface area contributed by atoms with Crippen LogP contribution in [0.25, 0.3) is 0 Å². The van der Waals surface area contributed by atoms with E-state index >= 15 is 0 Å². The zero-order chi connectivity index (χ0) is 14.7. The van der Waals surface area contributed by atoms with E-state index in [-0.39, 0.29) is 23.2 Å². The Morgan fingerprint density at radius 3 is 2.33 bits per heavy atom. The van der Waals surface area contributed by atoms with Crippen LogP contribution in [0.4, 0.5) is 0 Å². The summed E-state index contributed by atoms with van der Waals surface area (Å²) in [7, 11) is 0. The number of hydrogen-bond acceptors (Lipinski definition) is 3. The van der Waals surface area contributed by atoms with Crippen molar-refractivity contribution in [3.8, 4) is 5.75 Å². The molecule has 21 heavy (non-hydrogen) atoms. The predicted octanol–water partition coefficient (Wildman–Crippen LogP) is 3.72. The summed E-state index contributed by atoms with van der Waals surface area (Å²) in [5.74, 6) is -0.143. The average Bonchev–Trinajstić information content (AvgIpc) is 2.43. The average molecular weight is 349 g/mol. The molecule has 0 unspecified atom stereocenters. The molecule has 0 amide bonds. The van der Waals surface area contributed by atoms with Gasteiger partial charge in [0.2, 0.25) is 0 Å². The molecule has 0 heterocycles. The summed E-state index contributed by atoms with van der Waals surface area (Å²) in [6.07, 6.45) is -0.469. The third-order valence-corrected chi connectivity index (χ3v) is 3.63. The molecule has 4 N–H and O–H groups in total. The molecular weight excluding hydrogens is 333 g/mol. The second-order valence-electron chi connectivity index (χ2n) is 4.61. The minimum atomic E-state index is -0.849. The third kappa shape index (κ3) is 4.50. The highest BCUT2D eigenvalue weighted by Crippen LogP contribution is 2.35. The highest BCUT2D eigenvalue weighted by atomic mass is 35.5. The van der Waals surface area contributed by atoms with Crippen molar-refractivity contribution in [3.63, 3.8) is 0 Å². The first-order valence-electron chi connectivity index (χ1n) is 6.14. The van der Waals surface area contributed by atoms with Crippen molar-refractivity contribution < 1.29 is 10.2 Å². The van der Waals surface area contributed by atoms with E-state index in [2.05, 4.69) is 0 Å². The molecule has 0 aliphatic heterocycles. The number of hydrogen-bond donors (Lipinski definition) is 3. The second-order valence-corrected chi connectivity index (χ2v) is 5.45. The maximum Gasteiger partial charge on any atom is 0.139 e. The van der Waals surface area contributed by atoms with Crippen LogP contribution in [0.1, 0.15) is 17.2 Å². The lowest BCUT2D eigenvalue weighted by Crippen LogP contribution is -2.28. The molecular formula is C15H16Cl3NO2. The summed E-state index contributed by atoms with van der Waals surface area (Å²) in [5.41, 5.74) is 7.30. The van der Waals surface area contributed by atoms with Gasteiger partial charge in [-0.3, -0.25) is 0 Å². The first kappa shape index (κ1) is 18.1. The Bertz CT molecular complexity index is 593. The van der Waals surface area contributed by atoms with Crippen molar-refractivity contribution in [2.45, 2.75) is 18.6 Å². The van der Waals surface area contributed by atoms with Crippen LogP contribution in [0, 0.1) is 0 Å². The van der Waals surface area contributed by atoms with Crippen molar-refractivity contribution in [1.29, 1.82) is 0 Å². The van der Waals surface area contributed by atoms with Crippen LogP contribution in [0.2, 0.25) is 10.0 Å². The van der Waals surface area contributed by atoms with Crippen molar-refractivity contribution in [2.75, 3.05) is 0 Å². The van der Waals surface area contributed by atoms with E-state index in [1.165, 1.54) is 12.1 Å². The number of phenolic OH excluding ortho intramolecular Hbond substituents is 1. The lowest BCUT2D eigenvalue weighted by Gasteiger charge is -2.21. The van der Waals surface area contributed by atoms with Gasteiger partial charge in [0, 0.05) is 17.0 Å². The van der Waals surface area contributed by atoms with Crippen LogP contribution in [0.5, 0.6) is 5.75 Å². The highest BCUT2D eigenvalue weighted by molar-refractivity contribution is 6.35. The van der Waals surface area contributed by atoms with Crippen LogP contribution in [0.3, 0.4) is 0 Å². The van der Waals surface area contributed by atoms with E-state index in [4.69, 9.17) is 28.9 Å². The minimum Gasteiger partial charge on any atom is -0.506 e. The van der Waals surface area contributed by atoms with Gasteiger partial charge >= 0.3 is 0 Å². The first-order chi connectivity index (χ1) is 9.49. The second kappa shape index (κ2) is 7.87. The van der Waals surface area contributed by atoms with Gasteiger partial charge in [-0.1, -0.05) is 53.5 Å². The van der Waals surface area contributed by atoms with Crippen LogP contribution in [0.15, 0.2) is 42.5 Å². The molecule has 2 atom stereocenters. The number of aliphatic hydroxyl groups excluding tert-OH is 1. The summed E-state index contributed by atoms with van der Waals surface area (Å²) in [6, 6.07) is 11.7. The lowest BCUT2D eigenvalue weighted by atomic mass is 9.96. The highest BCUT2D eigenvalue weighted by Gasteiger charge is 2.22. The molecule has 0 spiro atoms. The molecule has 0 saturated carbocycles. The number of halogens is 3. The van der Waals surface area contributed by atoms with Crippen LogP contribution in [-0.2, 0) is 6.42 Å². The molecule has 0 fully saturated rings. The molecule has 6 heteroatoms. The van der Waals surface area contributed by atoms with E-state index < -0.39 is 12.1 Å². The van der Waals surface area contributed by atoms with Gasteiger partial charge in [0.1, 0.15) is 5.75 Å². The van der Waals surface area contributed by atoms with Gasteiger partial charge in [0.05, 0.1) is 17.2 Å². The Morgan fingerprint density at radius 1 is 1.10 bits per heavy atom. The summed E-state index contributed by atoms with van der Waals surface area (Å²) in [4.78, 5) is 0. The van der Waals surface area contributed by atoms with Gasteiger partial charge in [-0.05, 0) is 17.7 Å². The van der Waals surface area contributed by atoms with E-state index in [1.54, 1.807) is 0 Å². The van der Waals surface area contributed by atoms with E-state index in [1.807, 2.05) is 30.3 Å². The number of rotatable bonds is 4. The normalized spacial score (nSPS) is 13.3. The topological polar surface area (TPSA) is 66.5 Å². The summed E-state index contributed by atoms with van der Waals surface area (Å²) >= 11 is 11.8. The van der Waals surface area contributed by atoms with Crippen molar-refractivity contribution in [1.82, 2.24) is 0 Å². The fourth-order valence-corrected chi connectivity index (χ4v) is 2.54. The Hall–Kier alpha value is -0.970. The SMILES string of the molecule is Cl.N[C@H](c1cc(Cl)cc(Cl)c1O)[C@@H](O)Cc1ccccc1. The van der Waals surface area contributed by atoms with Crippen LogP contribution >= 0.6 is 35.6 Å². The molecule has 2 rings (SSSR count). The third-order valence-electron chi connectivity index (χ3n) is 3.12. The fourth-order valence-electron chi connectivity index (χ4n) is 2.03. The van der Waals surface area contributed by atoms with Crippen molar-refractivity contribution in [2.24, 2.45) is 5.73 Å². The molecule has 3 nitrogen and oxygen atoms in total. The number of benzene rings is 2. The van der Waals surface area contributed by atoms with Crippen molar-refractivity contribution >= 4 is 35.6 Å². The van der Waals surface area contributed by atoms with E-state index in [0.717, 1.165) is 5.56 Å². The van der Waals surface area contributed by atoms with Gasteiger partial charge in [-0.2, -0.15) is 0 Å². The van der Waals surface area contributed by atoms with Crippen LogP contribution in [-0.4, -0.2) is 16.3 Å². The Morgan fingerprint density at radius 2 is 1.71 bits per heavy atom. The largest absolute Gasteiger partial charge is 0.506 e. The molecule has 2 aromatic carbocycles. The molecule has 0 aliphatic rings. The zero-order valence-electron chi connectivity index (χ0n) is 11.0. The van der Waals surface area contributed by atoms with Crippen molar-refractivity contribution in [3.05, 3.63) is 63.6 Å². The Balaban J connectivity index is 0.00000220. The molecule has 2 aromatic rings. The van der Waals surface area contributed by atoms with Gasteiger partial charge in [-0.15, -0.1) is 12.4 Å². The zero-order valence-corrected chi connectivity index (χ0v) is 13.4. The summed E-state index contributed by atoms with van der Waals surface area (Å²) in [5, 5.41) is 20.6. The lowest BCUT2D eigenvalue weighted by molar-refractivity contribution is 0.144. The van der Waals surface area contributed by atoms with E-state index in [0.29, 0.717) is 17.0 Å². The quantitative estimate of drug-likeness (QED) is 0.789. The minimum absolute atomic E-state index is 0. The molecule has 0 radical (unpaired) electrons. The maximum absolute atomic E-state index is 10.2. The molecule has 0 aliphatic carbocycles. The maximum atomic E-state index is 10.2. The molecule has 0 saturated heterocycles. The summed E-state index contributed by atoms with van der Waals surface area (Å²) < 4.78 is 0. The number of phenols is 1. The number of aliphatic hydroxyl groups is 1. The van der Waals surface area contributed by atoms with Gasteiger partial charge in [0.15, 0.2) is 0 Å². The molecule has 0 aromatic heterocycles. The van der Waals surface area contributed by atoms with Crippen LogP contribution < -0.4 is 5.73 Å². The van der Waals surface area contributed by atoms with Gasteiger partial charge in [-0.25, -0.2) is 0 Å². The Labute approximate surface area is 139 Å². The molecule has 0 bridgehead atoms. The first-order valence-corrected chi connectivity index (χ1v) is 6.90. The van der Waals surface area contributed by atoms with Gasteiger partial charge in [0.25, 0.3) is 0 Å². The standard InChI is InChI=1S/C15H15Cl2NO2.ClH/c16-10-7-11(15(20)12(17)8-10)14(18)13(19)6-9-4-2-1-3-5-9;/h1-5,7-8,13-14,19-20H,6,18H2;1H/t13-,14+;/m0./s1. The number of nitrogens with two attached hydrogens (primary N) is 1. The predicted molar refractivity (Wildman–Crippen MR) is 88.5 cm³/mol.